The van der Waals surface area contributed by atoms with Crippen LogP contribution < -0.4 is 9.47 Å². The molecule has 0 atom stereocenters. The number of aromatic nitrogens is 1. The molecule has 0 amide bonds. The first-order valence-electron chi connectivity index (χ1n) is 8.46. The second-order valence-electron chi connectivity index (χ2n) is 6.16. The second kappa shape index (κ2) is 8.58. The molecule has 1 aromatic carbocycles. The fraction of sp³-hybridized carbons (Fsp3) is 0.421. The van der Waals surface area contributed by atoms with E-state index in [-0.39, 0.29) is 18.3 Å². The van der Waals surface area contributed by atoms with E-state index >= 15 is 0 Å². The Hall–Kier alpha value is -2.32. The summed E-state index contributed by atoms with van der Waals surface area (Å²) in [5, 5.41) is 0. The predicted molar refractivity (Wildman–Crippen MR) is 91.9 cm³/mol. The quantitative estimate of drug-likeness (QED) is 0.786. The lowest BCUT2D eigenvalue weighted by molar-refractivity contribution is -0.137. The van der Waals surface area contributed by atoms with Crippen LogP contribution in [-0.2, 0) is 15.7 Å². The van der Waals surface area contributed by atoms with Gasteiger partial charge in [-0.1, -0.05) is 0 Å². The second-order valence-corrected chi connectivity index (χ2v) is 6.16. The van der Waals surface area contributed by atoms with Gasteiger partial charge in [-0.25, -0.2) is 4.98 Å². The molecule has 0 bridgehead atoms. The third kappa shape index (κ3) is 5.33. The van der Waals surface area contributed by atoms with Crippen molar-refractivity contribution in [1.82, 2.24) is 4.98 Å². The molecule has 5 nitrogen and oxygen atoms in total. The maximum atomic E-state index is 13.3. The van der Waals surface area contributed by atoms with E-state index < -0.39 is 11.7 Å². The van der Waals surface area contributed by atoms with Gasteiger partial charge in [0.25, 0.3) is 0 Å². The minimum atomic E-state index is -4.48. The minimum Gasteiger partial charge on any atom is -0.493 e. The summed E-state index contributed by atoms with van der Waals surface area (Å²) in [7, 11) is 1.47. The number of ether oxygens (including phenoxy) is 4. The zero-order valence-corrected chi connectivity index (χ0v) is 14.8. The molecule has 0 saturated carbocycles. The van der Waals surface area contributed by atoms with Gasteiger partial charge in [-0.3, -0.25) is 0 Å². The lowest BCUT2D eigenvalue weighted by Gasteiger charge is -2.17. The molecule has 1 saturated heterocycles. The molecule has 27 heavy (non-hydrogen) atoms. The van der Waals surface area contributed by atoms with Gasteiger partial charge in [0.15, 0.2) is 0 Å². The highest BCUT2D eigenvalue weighted by molar-refractivity contribution is 5.66. The van der Waals surface area contributed by atoms with Gasteiger partial charge in [-0.2, -0.15) is 13.2 Å². The van der Waals surface area contributed by atoms with Crippen molar-refractivity contribution in [3.63, 3.8) is 0 Å². The highest BCUT2D eigenvalue weighted by Crippen LogP contribution is 2.36. The number of hydrogen-bond acceptors (Lipinski definition) is 5. The number of halogens is 3. The minimum absolute atomic E-state index is 0.0341. The molecule has 0 unspecified atom stereocenters. The fourth-order valence-electron chi connectivity index (χ4n) is 2.66. The van der Waals surface area contributed by atoms with Gasteiger partial charge < -0.3 is 18.9 Å². The summed E-state index contributed by atoms with van der Waals surface area (Å²) in [6.45, 7) is 2.13. The Morgan fingerprint density at radius 1 is 1.07 bits per heavy atom. The number of rotatable bonds is 5. The summed E-state index contributed by atoms with van der Waals surface area (Å²) < 4.78 is 61.3. The van der Waals surface area contributed by atoms with Crippen LogP contribution in [0.5, 0.6) is 11.6 Å². The molecule has 1 aliphatic heterocycles. The summed E-state index contributed by atoms with van der Waals surface area (Å²) in [6, 6.07) is 6.89. The van der Waals surface area contributed by atoms with Gasteiger partial charge in [-0.15, -0.1) is 0 Å². The third-order valence-electron chi connectivity index (χ3n) is 4.08. The molecule has 2 heterocycles. The number of methoxy groups -OCH3 is 1. The first kappa shape index (κ1) is 19.4. The van der Waals surface area contributed by atoms with Gasteiger partial charge in [0.1, 0.15) is 5.75 Å². The molecule has 146 valence electrons. The number of alkyl halides is 3. The maximum absolute atomic E-state index is 13.3. The highest BCUT2D eigenvalue weighted by atomic mass is 19.4. The summed E-state index contributed by atoms with van der Waals surface area (Å²) in [5.74, 6) is 0.489. The van der Waals surface area contributed by atoms with Crippen LogP contribution >= 0.6 is 0 Å². The van der Waals surface area contributed by atoms with Gasteiger partial charge in [0.2, 0.25) is 5.88 Å². The summed E-state index contributed by atoms with van der Waals surface area (Å²) in [4.78, 5) is 4.05. The first-order valence-corrected chi connectivity index (χ1v) is 8.46. The molecule has 0 radical (unpaired) electrons. The van der Waals surface area contributed by atoms with Gasteiger partial charge in [0, 0.05) is 23.7 Å². The zero-order chi connectivity index (χ0) is 19.3. The molecule has 2 aromatic rings. The van der Waals surface area contributed by atoms with Crippen LogP contribution in [0.1, 0.15) is 5.56 Å². The lowest BCUT2D eigenvalue weighted by atomic mass is 10.0. The normalized spacial score (nSPS) is 16.0. The SMILES string of the molecule is COc1ccc(-c2cc(OCC3COCCOC3)cc(C(F)(F)F)c2)cn1. The van der Waals surface area contributed by atoms with Crippen LogP contribution in [0, 0.1) is 5.92 Å². The summed E-state index contributed by atoms with van der Waals surface area (Å²) >= 11 is 0. The Morgan fingerprint density at radius 3 is 2.41 bits per heavy atom. The topological polar surface area (TPSA) is 49.8 Å². The number of pyridine rings is 1. The zero-order valence-electron chi connectivity index (χ0n) is 14.8. The standard InChI is InChI=1S/C19H20F3NO4/c1-24-18-3-2-14(9-23-18)15-6-16(19(20,21)22)8-17(7-15)27-12-13-10-25-4-5-26-11-13/h2-3,6-9,13H,4-5,10-12H2,1H3. The van der Waals surface area contributed by atoms with E-state index in [1.807, 2.05) is 0 Å². The van der Waals surface area contributed by atoms with E-state index in [4.69, 9.17) is 18.9 Å². The Labute approximate surface area is 155 Å². The predicted octanol–water partition coefficient (Wildman–Crippen LogP) is 3.82. The molecule has 8 heteroatoms. The Balaban J connectivity index is 1.83. The van der Waals surface area contributed by atoms with Crippen molar-refractivity contribution in [3.8, 4) is 22.8 Å². The molecule has 1 fully saturated rings. The van der Waals surface area contributed by atoms with Crippen molar-refractivity contribution in [2.45, 2.75) is 6.18 Å². The lowest BCUT2D eigenvalue weighted by Crippen LogP contribution is -2.20. The maximum Gasteiger partial charge on any atom is 0.416 e. The largest absolute Gasteiger partial charge is 0.493 e. The molecule has 0 aliphatic carbocycles. The van der Waals surface area contributed by atoms with Crippen molar-refractivity contribution >= 4 is 0 Å². The monoisotopic (exact) mass is 383 g/mol. The third-order valence-corrected chi connectivity index (χ3v) is 4.08. The van der Waals surface area contributed by atoms with E-state index in [0.29, 0.717) is 43.4 Å². The summed E-state index contributed by atoms with van der Waals surface area (Å²) in [5.41, 5.74) is 0.121. The average Bonchev–Trinajstić information content (AvgIpc) is 2.94. The number of nitrogens with zero attached hydrogens (tertiary/aromatic N) is 1. The van der Waals surface area contributed by atoms with Crippen molar-refractivity contribution in [1.29, 1.82) is 0 Å². The van der Waals surface area contributed by atoms with Crippen LogP contribution in [-0.4, -0.2) is 45.1 Å². The molecular formula is C19H20F3NO4. The Kier molecular flexibility index (Phi) is 6.18. The van der Waals surface area contributed by atoms with Crippen LogP contribution in [0.25, 0.3) is 11.1 Å². The summed E-state index contributed by atoms with van der Waals surface area (Å²) in [6.07, 6.45) is -3.02. The van der Waals surface area contributed by atoms with Crippen molar-refractivity contribution in [3.05, 3.63) is 42.1 Å². The van der Waals surface area contributed by atoms with Gasteiger partial charge in [-0.05, 0) is 29.8 Å². The fourth-order valence-corrected chi connectivity index (χ4v) is 2.66. The molecule has 1 aromatic heterocycles. The van der Waals surface area contributed by atoms with Crippen LogP contribution in [0.4, 0.5) is 13.2 Å². The smallest absolute Gasteiger partial charge is 0.416 e. The van der Waals surface area contributed by atoms with Crippen molar-refractivity contribution in [2.24, 2.45) is 5.92 Å². The van der Waals surface area contributed by atoms with Crippen molar-refractivity contribution in [2.75, 3.05) is 40.1 Å². The van der Waals surface area contributed by atoms with Crippen LogP contribution in [0.2, 0.25) is 0 Å². The Bertz CT molecular complexity index is 742. The molecule has 0 N–H and O–H groups in total. The van der Waals surface area contributed by atoms with Gasteiger partial charge >= 0.3 is 6.18 Å². The van der Waals surface area contributed by atoms with Crippen LogP contribution in [0.3, 0.4) is 0 Å². The molecule has 1 aliphatic rings. The van der Waals surface area contributed by atoms with Crippen LogP contribution in [0.15, 0.2) is 36.5 Å². The van der Waals surface area contributed by atoms with E-state index in [1.54, 1.807) is 18.2 Å². The van der Waals surface area contributed by atoms with E-state index in [2.05, 4.69) is 4.98 Å². The molecule has 3 rings (SSSR count). The Morgan fingerprint density at radius 2 is 1.81 bits per heavy atom. The van der Waals surface area contributed by atoms with Gasteiger partial charge in [0.05, 0.1) is 45.7 Å². The average molecular weight is 383 g/mol. The molecule has 0 spiro atoms. The van der Waals surface area contributed by atoms with E-state index in [0.717, 1.165) is 12.1 Å². The van der Waals surface area contributed by atoms with E-state index in [9.17, 15) is 13.2 Å². The number of hydrogen-bond donors (Lipinski definition) is 0. The first-order chi connectivity index (χ1) is 13.0. The van der Waals surface area contributed by atoms with E-state index in [1.165, 1.54) is 13.3 Å². The molecular weight excluding hydrogens is 363 g/mol. The number of benzene rings is 1. The highest BCUT2D eigenvalue weighted by Gasteiger charge is 2.31. The van der Waals surface area contributed by atoms with Crippen molar-refractivity contribution < 1.29 is 32.1 Å².